The third kappa shape index (κ3) is 2.88. The normalized spacial score (nSPS) is 11.3. The molecular formula is C12H10N4O2. The zero-order valence-corrected chi connectivity index (χ0v) is 9.35. The summed E-state index contributed by atoms with van der Waals surface area (Å²) in [6, 6.07) is 8.24. The van der Waals surface area contributed by atoms with Gasteiger partial charge in [0.1, 0.15) is 5.82 Å². The highest BCUT2D eigenvalue weighted by atomic mass is 16.6. The number of benzene rings is 1. The van der Waals surface area contributed by atoms with E-state index in [4.69, 9.17) is 0 Å². The zero-order chi connectivity index (χ0) is 12.8. The SMILES string of the molecule is O=[N+]([O-])c1ccccc1/C=C/C=N/c1ccn[nH]1. The lowest BCUT2D eigenvalue weighted by atomic mass is 10.1. The Bertz CT molecular complexity index is 588. The van der Waals surface area contributed by atoms with Gasteiger partial charge in [-0.1, -0.05) is 12.1 Å². The summed E-state index contributed by atoms with van der Waals surface area (Å²) < 4.78 is 0. The maximum absolute atomic E-state index is 10.8. The quantitative estimate of drug-likeness (QED) is 0.508. The summed E-state index contributed by atoms with van der Waals surface area (Å²) in [5.41, 5.74) is 0.613. The first-order valence-corrected chi connectivity index (χ1v) is 5.21. The molecule has 0 amide bonds. The molecule has 1 aromatic carbocycles. The van der Waals surface area contributed by atoms with Gasteiger partial charge in [0.2, 0.25) is 0 Å². The van der Waals surface area contributed by atoms with Crippen molar-refractivity contribution in [2.45, 2.75) is 0 Å². The number of hydrogen-bond donors (Lipinski definition) is 1. The molecule has 1 heterocycles. The second-order valence-corrected chi connectivity index (χ2v) is 3.40. The first-order valence-electron chi connectivity index (χ1n) is 5.21. The Morgan fingerprint density at radius 3 is 2.89 bits per heavy atom. The molecule has 18 heavy (non-hydrogen) atoms. The predicted molar refractivity (Wildman–Crippen MR) is 68.9 cm³/mol. The van der Waals surface area contributed by atoms with E-state index in [-0.39, 0.29) is 5.69 Å². The van der Waals surface area contributed by atoms with Gasteiger partial charge in [-0.3, -0.25) is 15.2 Å². The first-order chi connectivity index (χ1) is 8.77. The molecule has 6 heteroatoms. The van der Waals surface area contributed by atoms with Crippen molar-refractivity contribution in [3.05, 3.63) is 58.3 Å². The number of aromatic nitrogens is 2. The van der Waals surface area contributed by atoms with Crippen molar-refractivity contribution in [2.75, 3.05) is 0 Å². The first kappa shape index (κ1) is 11.7. The van der Waals surface area contributed by atoms with Gasteiger partial charge in [-0.2, -0.15) is 5.10 Å². The van der Waals surface area contributed by atoms with Crippen LogP contribution in [0.5, 0.6) is 0 Å². The summed E-state index contributed by atoms with van der Waals surface area (Å²) in [5, 5.41) is 17.2. The van der Waals surface area contributed by atoms with Crippen molar-refractivity contribution in [1.29, 1.82) is 0 Å². The predicted octanol–water partition coefficient (Wildman–Crippen LogP) is 2.73. The fourth-order valence-electron chi connectivity index (χ4n) is 1.39. The maximum Gasteiger partial charge on any atom is 0.276 e. The number of hydrogen-bond acceptors (Lipinski definition) is 4. The van der Waals surface area contributed by atoms with Gasteiger partial charge in [-0.05, 0) is 18.2 Å². The largest absolute Gasteiger partial charge is 0.276 e. The summed E-state index contributed by atoms with van der Waals surface area (Å²) in [6.45, 7) is 0. The minimum atomic E-state index is -0.411. The van der Waals surface area contributed by atoms with Crippen LogP contribution in [0.15, 0.2) is 47.6 Å². The zero-order valence-electron chi connectivity index (χ0n) is 9.35. The van der Waals surface area contributed by atoms with Crippen LogP contribution < -0.4 is 0 Å². The van der Waals surface area contributed by atoms with Gasteiger partial charge in [0.05, 0.1) is 16.7 Å². The van der Waals surface area contributed by atoms with Crippen molar-refractivity contribution in [3.63, 3.8) is 0 Å². The van der Waals surface area contributed by atoms with Gasteiger partial charge in [0.15, 0.2) is 0 Å². The number of nitro groups is 1. The van der Waals surface area contributed by atoms with Crippen molar-refractivity contribution in [2.24, 2.45) is 4.99 Å². The molecule has 0 bridgehead atoms. The van der Waals surface area contributed by atoms with E-state index in [1.807, 2.05) is 0 Å². The highest BCUT2D eigenvalue weighted by molar-refractivity contribution is 5.81. The van der Waals surface area contributed by atoms with Crippen LogP contribution in [-0.2, 0) is 0 Å². The standard InChI is InChI=1S/C12H10N4O2/c17-16(18)11-6-2-1-4-10(11)5-3-8-13-12-7-9-14-15-12/h1-9H,(H,14,15)/b5-3+,13-8+. The molecule has 0 saturated heterocycles. The van der Waals surface area contributed by atoms with Gasteiger partial charge >= 0.3 is 0 Å². The molecule has 0 aliphatic heterocycles. The van der Waals surface area contributed by atoms with Crippen LogP contribution in [0.3, 0.4) is 0 Å². The Labute approximate surface area is 103 Å². The maximum atomic E-state index is 10.8. The summed E-state index contributed by atoms with van der Waals surface area (Å²) in [4.78, 5) is 14.4. The second-order valence-electron chi connectivity index (χ2n) is 3.40. The van der Waals surface area contributed by atoms with Gasteiger partial charge in [0, 0.05) is 18.3 Å². The smallest absolute Gasteiger partial charge is 0.261 e. The van der Waals surface area contributed by atoms with E-state index < -0.39 is 4.92 Å². The molecule has 1 aromatic heterocycles. The number of aromatic amines is 1. The number of rotatable bonds is 4. The molecule has 6 nitrogen and oxygen atoms in total. The molecule has 0 aliphatic carbocycles. The minimum Gasteiger partial charge on any atom is -0.261 e. The van der Waals surface area contributed by atoms with E-state index in [9.17, 15) is 10.1 Å². The van der Waals surface area contributed by atoms with Crippen LogP contribution in [0, 0.1) is 10.1 Å². The Hall–Kier alpha value is -2.76. The van der Waals surface area contributed by atoms with E-state index in [1.54, 1.807) is 48.8 Å². The van der Waals surface area contributed by atoms with Crippen molar-refractivity contribution < 1.29 is 4.92 Å². The van der Waals surface area contributed by atoms with Crippen LogP contribution >= 0.6 is 0 Å². The fourth-order valence-corrected chi connectivity index (χ4v) is 1.39. The monoisotopic (exact) mass is 242 g/mol. The number of nitrogens with zero attached hydrogens (tertiary/aromatic N) is 3. The molecule has 2 rings (SSSR count). The summed E-state index contributed by atoms with van der Waals surface area (Å²) in [7, 11) is 0. The molecule has 0 atom stereocenters. The van der Waals surface area contributed by atoms with Crippen molar-refractivity contribution in [3.8, 4) is 0 Å². The lowest BCUT2D eigenvalue weighted by Gasteiger charge is -1.94. The van der Waals surface area contributed by atoms with Crippen LogP contribution in [0.1, 0.15) is 5.56 Å². The molecule has 0 saturated carbocycles. The molecule has 0 spiro atoms. The number of nitrogens with one attached hydrogen (secondary N) is 1. The Morgan fingerprint density at radius 2 is 2.17 bits per heavy atom. The lowest BCUT2D eigenvalue weighted by molar-refractivity contribution is -0.385. The van der Waals surface area contributed by atoms with Crippen LogP contribution in [-0.4, -0.2) is 21.3 Å². The van der Waals surface area contributed by atoms with E-state index in [0.717, 1.165) is 0 Å². The number of aliphatic imine (C=N–C) groups is 1. The second kappa shape index (κ2) is 5.53. The molecule has 0 fully saturated rings. The number of allylic oxidation sites excluding steroid dienone is 1. The third-order valence-corrected chi connectivity index (χ3v) is 2.19. The van der Waals surface area contributed by atoms with E-state index in [0.29, 0.717) is 11.4 Å². The fraction of sp³-hybridized carbons (Fsp3) is 0. The summed E-state index contributed by atoms with van der Waals surface area (Å²) in [6.07, 6.45) is 6.42. The third-order valence-electron chi connectivity index (χ3n) is 2.19. The molecule has 1 N–H and O–H groups in total. The van der Waals surface area contributed by atoms with Crippen LogP contribution in [0.25, 0.3) is 6.08 Å². The van der Waals surface area contributed by atoms with Gasteiger partial charge < -0.3 is 0 Å². The average molecular weight is 242 g/mol. The highest BCUT2D eigenvalue weighted by Crippen LogP contribution is 2.18. The Morgan fingerprint density at radius 1 is 1.33 bits per heavy atom. The number of H-pyrrole nitrogens is 1. The van der Waals surface area contributed by atoms with E-state index >= 15 is 0 Å². The molecule has 90 valence electrons. The van der Waals surface area contributed by atoms with Crippen molar-refractivity contribution in [1.82, 2.24) is 10.2 Å². The number of nitro benzene ring substituents is 1. The molecule has 2 aromatic rings. The van der Waals surface area contributed by atoms with Gasteiger partial charge in [-0.15, -0.1) is 0 Å². The topological polar surface area (TPSA) is 84.2 Å². The highest BCUT2D eigenvalue weighted by Gasteiger charge is 2.08. The van der Waals surface area contributed by atoms with Gasteiger partial charge in [-0.25, -0.2) is 4.99 Å². The average Bonchev–Trinajstić information content (AvgIpc) is 2.88. The summed E-state index contributed by atoms with van der Waals surface area (Å²) >= 11 is 0. The molecule has 0 aliphatic rings. The van der Waals surface area contributed by atoms with Crippen LogP contribution in [0.2, 0.25) is 0 Å². The minimum absolute atomic E-state index is 0.0729. The Balaban J connectivity index is 2.12. The summed E-state index contributed by atoms with van der Waals surface area (Å²) in [5.74, 6) is 0.627. The lowest BCUT2D eigenvalue weighted by Crippen LogP contribution is -1.90. The molecule has 0 radical (unpaired) electrons. The van der Waals surface area contributed by atoms with Crippen LogP contribution in [0.4, 0.5) is 11.5 Å². The molecular weight excluding hydrogens is 232 g/mol. The van der Waals surface area contributed by atoms with Crippen molar-refractivity contribution >= 4 is 23.8 Å². The van der Waals surface area contributed by atoms with E-state index in [1.165, 1.54) is 6.07 Å². The van der Waals surface area contributed by atoms with Gasteiger partial charge in [0.25, 0.3) is 5.69 Å². The number of para-hydroxylation sites is 1. The molecule has 0 unspecified atom stereocenters. The Kier molecular flexibility index (Phi) is 3.60. The van der Waals surface area contributed by atoms with E-state index in [2.05, 4.69) is 15.2 Å².